The predicted molar refractivity (Wildman–Crippen MR) is 96.8 cm³/mol. The fraction of sp³-hybridized carbons (Fsp3) is 0.150. The van der Waals surface area contributed by atoms with Crippen LogP contribution < -0.4 is 15.0 Å². The third kappa shape index (κ3) is 4.64. The molecule has 0 aliphatic heterocycles. The molecule has 0 bridgehead atoms. The third-order valence-electron chi connectivity index (χ3n) is 3.67. The summed E-state index contributed by atoms with van der Waals surface area (Å²) in [4.78, 5) is 14.0. The summed E-state index contributed by atoms with van der Waals surface area (Å²) in [7, 11) is 1.86. The second-order valence-corrected chi connectivity index (χ2v) is 5.59. The number of rotatable bonds is 7. The fourth-order valence-electron chi connectivity index (χ4n) is 2.43. The minimum absolute atomic E-state index is 0.0894. The number of anilines is 1. The van der Waals surface area contributed by atoms with Gasteiger partial charge >= 0.3 is 0 Å². The third-order valence-corrected chi connectivity index (χ3v) is 3.67. The van der Waals surface area contributed by atoms with Crippen molar-refractivity contribution in [3.05, 3.63) is 78.8 Å². The summed E-state index contributed by atoms with van der Waals surface area (Å²) in [6.45, 7) is 0.595. The maximum Gasteiger partial charge on any atom is 0.239 e. The maximum atomic E-state index is 12.2. The predicted octanol–water partition coefficient (Wildman–Crippen LogP) is 3.82. The molecule has 0 saturated heterocycles. The van der Waals surface area contributed by atoms with Crippen molar-refractivity contribution >= 4 is 11.6 Å². The molecule has 2 aromatic carbocycles. The number of likely N-dealkylation sites (N-methyl/N-ethyl adjacent to an activating group) is 1. The van der Waals surface area contributed by atoms with Crippen LogP contribution in [-0.2, 0) is 11.3 Å². The van der Waals surface area contributed by atoms with Crippen molar-refractivity contribution in [1.82, 2.24) is 5.32 Å². The van der Waals surface area contributed by atoms with E-state index in [2.05, 4.69) is 5.32 Å². The van der Waals surface area contributed by atoms with Crippen molar-refractivity contribution in [3.8, 4) is 11.5 Å². The van der Waals surface area contributed by atoms with E-state index in [-0.39, 0.29) is 12.5 Å². The summed E-state index contributed by atoms with van der Waals surface area (Å²) >= 11 is 0. The number of ether oxygens (including phenoxy) is 1. The minimum atomic E-state index is -0.0894. The van der Waals surface area contributed by atoms with Crippen molar-refractivity contribution in [2.75, 3.05) is 18.5 Å². The molecule has 0 unspecified atom stereocenters. The molecule has 1 amide bonds. The Bertz CT molecular complexity index is 801. The number of carbonyl (C=O) groups is 1. The molecule has 5 nitrogen and oxygen atoms in total. The first-order valence-corrected chi connectivity index (χ1v) is 8.04. The number of benzene rings is 2. The van der Waals surface area contributed by atoms with Gasteiger partial charge in [0.25, 0.3) is 0 Å². The molecule has 0 spiro atoms. The molecule has 0 atom stereocenters. The van der Waals surface area contributed by atoms with Crippen LogP contribution in [0.1, 0.15) is 5.76 Å². The lowest BCUT2D eigenvalue weighted by atomic mass is 10.2. The van der Waals surface area contributed by atoms with Gasteiger partial charge in [0.05, 0.1) is 25.0 Å². The zero-order valence-corrected chi connectivity index (χ0v) is 14.0. The van der Waals surface area contributed by atoms with Gasteiger partial charge in [0.15, 0.2) is 5.75 Å². The van der Waals surface area contributed by atoms with Gasteiger partial charge in [-0.15, -0.1) is 0 Å². The highest BCUT2D eigenvalue weighted by molar-refractivity contribution is 5.81. The molecule has 1 N–H and O–H groups in total. The van der Waals surface area contributed by atoms with Gasteiger partial charge < -0.3 is 19.4 Å². The standard InChI is InChI=1S/C20H20N2O3/c1-22(15-20(23)21-14-17-10-7-13-24-17)18-11-5-6-12-19(18)25-16-8-3-2-4-9-16/h2-13H,14-15H2,1H3,(H,21,23). The molecule has 25 heavy (non-hydrogen) atoms. The van der Waals surface area contributed by atoms with Gasteiger partial charge in [-0.05, 0) is 36.4 Å². The minimum Gasteiger partial charge on any atom is -0.467 e. The van der Waals surface area contributed by atoms with Crippen molar-refractivity contribution in [2.45, 2.75) is 6.54 Å². The van der Waals surface area contributed by atoms with Crippen LogP contribution in [0.4, 0.5) is 5.69 Å². The van der Waals surface area contributed by atoms with Crippen molar-refractivity contribution in [2.24, 2.45) is 0 Å². The van der Waals surface area contributed by atoms with E-state index in [0.29, 0.717) is 12.3 Å². The maximum absolute atomic E-state index is 12.2. The monoisotopic (exact) mass is 336 g/mol. The van der Waals surface area contributed by atoms with Crippen molar-refractivity contribution in [3.63, 3.8) is 0 Å². The summed E-state index contributed by atoms with van der Waals surface area (Å²) in [6.07, 6.45) is 1.59. The number of nitrogens with zero attached hydrogens (tertiary/aromatic N) is 1. The molecule has 0 saturated carbocycles. The molecule has 3 aromatic rings. The Labute approximate surface area is 146 Å². The lowest BCUT2D eigenvalue weighted by molar-refractivity contribution is -0.119. The first-order chi connectivity index (χ1) is 12.2. The van der Waals surface area contributed by atoms with Gasteiger partial charge in [0.2, 0.25) is 5.91 Å². The molecule has 1 aromatic heterocycles. The van der Waals surface area contributed by atoms with Gasteiger partial charge in [-0.3, -0.25) is 4.79 Å². The van der Waals surface area contributed by atoms with Crippen LogP contribution in [-0.4, -0.2) is 19.5 Å². The second-order valence-electron chi connectivity index (χ2n) is 5.59. The van der Waals surface area contributed by atoms with Crippen LogP contribution in [0.2, 0.25) is 0 Å². The first kappa shape index (κ1) is 16.6. The molecular formula is C20H20N2O3. The van der Waals surface area contributed by atoms with E-state index in [1.165, 1.54) is 0 Å². The lowest BCUT2D eigenvalue weighted by Gasteiger charge is -2.21. The summed E-state index contributed by atoms with van der Waals surface area (Å²) < 4.78 is 11.2. The van der Waals surface area contributed by atoms with Gasteiger partial charge in [0.1, 0.15) is 11.5 Å². The number of hydrogen-bond acceptors (Lipinski definition) is 4. The number of amides is 1. The Morgan fingerprint density at radius 1 is 1.04 bits per heavy atom. The first-order valence-electron chi connectivity index (χ1n) is 8.04. The molecule has 0 aliphatic carbocycles. The van der Waals surface area contributed by atoms with Crippen LogP contribution in [0.5, 0.6) is 11.5 Å². The van der Waals surface area contributed by atoms with Crippen LogP contribution in [0.3, 0.4) is 0 Å². The van der Waals surface area contributed by atoms with Crippen molar-refractivity contribution < 1.29 is 13.9 Å². The number of carbonyl (C=O) groups excluding carboxylic acids is 1. The molecule has 5 heteroatoms. The molecule has 0 radical (unpaired) electrons. The van der Waals surface area contributed by atoms with E-state index in [4.69, 9.17) is 9.15 Å². The van der Waals surface area contributed by atoms with Crippen LogP contribution in [0, 0.1) is 0 Å². The van der Waals surface area contributed by atoms with E-state index in [9.17, 15) is 4.79 Å². The Hall–Kier alpha value is -3.21. The molecule has 0 aliphatic rings. The fourth-order valence-corrected chi connectivity index (χ4v) is 2.43. The normalized spacial score (nSPS) is 10.3. The molecule has 1 heterocycles. The number of para-hydroxylation sites is 3. The Kier molecular flexibility index (Phi) is 5.36. The highest BCUT2D eigenvalue weighted by Crippen LogP contribution is 2.31. The summed E-state index contributed by atoms with van der Waals surface area (Å²) in [5, 5.41) is 2.84. The number of nitrogens with one attached hydrogen (secondary N) is 1. The molecule has 3 rings (SSSR count). The van der Waals surface area contributed by atoms with E-state index < -0.39 is 0 Å². The van der Waals surface area contributed by atoms with Crippen molar-refractivity contribution in [1.29, 1.82) is 0 Å². The summed E-state index contributed by atoms with van der Waals surface area (Å²) in [5.74, 6) is 2.10. The zero-order valence-electron chi connectivity index (χ0n) is 14.0. The average Bonchev–Trinajstić information content (AvgIpc) is 3.15. The smallest absolute Gasteiger partial charge is 0.239 e. The SMILES string of the molecule is CN(CC(=O)NCc1ccco1)c1ccccc1Oc1ccccc1. The van der Waals surface area contributed by atoms with Crippen LogP contribution in [0.25, 0.3) is 0 Å². The summed E-state index contributed by atoms with van der Waals surface area (Å²) in [5.41, 5.74) is 0.847. The quantitative estimate of drug-likeness (QED) is 0.712. The van der Waals surface area contributed by atoms with Gasteiger partial charge in [-0.2, -0.15) is 0 Å². The molecule has 128 valence electrons. The van der Waals surface area contributed by atoms with E-state index in [0.717, 1.165) is 17.2 Å². The van der Waals surface area contributed by atoms with E-state index in [1.807, 2.05) is 72.6 Å². The Balaban J connectivity index is 1.63. The van der Waals surface area contributed by atoms with E-state index >= 15 is 0 Å². The topological polar surface area (TPSA) is 54.7 Å². The summed E-state index contributed by atoms with van der Waals surface area (Å²) in [6, 6.07) is 20.8. The van der Waals surface area contributed by atoms with Gasteiger partial charge in [-0.25, -0.2) is 0 Å². The highest BCUT2D eigenvalue weighted by atomic mass is 16.5. The Morgan fingerprint density at radius 3 is 2.56 bits per heavy atom. The number of hydrogen-bond donors (Lipinski definition) is 1. The van der Waals surface area contributed by atoms with Crippen LogP contribution in [0.15, 0.2) is 77.4 Å². The number of furan rings is 1. The molecular weight excluding hydrogens is 316 g/mol. The van der Waals surface area contributed by atoms with Crippen LogP contribution >= 0.6 is 0 Å². The van der Waals surface area contributed by atoms with Gasteiger partial charge in [-0.1, -0.05) is 30.3 Å². The largest absolute Gasteiger partial charge is 0.467 e. The average molecular weight is 336 g/mol. The molecule has 0 fully saturated rings. The zero-order chi connectivity index (χ0) is 17.5. The lowest BCUT2D eigenvalue weighted by Crippen LogP contribution is -2.34. The second kappa shape index (κ2) is 8.06. The Morgan fingerprint density at radius 2 is 1.80 bits per heavy atom. The highest BCUT2D eigenvalue weighted by Gasteiger charge is 2.12. The van der Waals surface area contributed by atoms with E-state index in [1.54, 1.807) is 12.3 Å². The van der Waals surface area contributed by atoms with Gasteiger partial charge in [0, 0.05) is 7.05 Å².